The number of nitriles is 1. The maximum Gasteiger partial charge on any atom is 0.325 e. The van der Waals surface area contributed by atoms with Crippen molar-refractivity contribution >= 4 is 11.7 Å². The first kappa shape index (κ1) is 14.6. The molecule has 0 aromatic heterocycles. The second kappa shape index (κ2) is 6.20. The maximum atomic E-state index is 12.9. The second-order valence-electron chi connectivity index (χ2n) is 5.89. The van der Waals surface area contributed by atoms with Gasteiger partial charge in [-0.3, -0.25) is 4.90 Å². The molecule has 2 aliphatic heterocycles. The number of rotatable bonds is 2. The Bertz CT molecular complexity index is 628. The second-order valence-corrected chi connectivity index (χ2v) is 5.89. The zero-order valence-electron chi connectivity index (χ0n) is 12.6. The molecule has 1 aromatic carbocycles. The molecule has 2 saturated heterocycles. The summed E-state index contributed by atoms with van der Waals surface area (Å²) in [6.07, 6.45) is 1.95. The van der Waals surface area contributed by atoms with Gasteiger partial charge in [0.05, 0.1) is 18.2 Å². The molecule has 1 N–H and O–H groups in total. The van der Waals surface area contributed by atoms with Gasteiger partial charge in [-0.25, -0.2) is 4.79 Å². The molecule has 0 spiro atoms. The van der Waals surface area contributed by atoms with Crippen molar-refractivity contribution in [3.63, 3.8) is 0 Å². The molecule has 2 aliphatic rings. The summed E-state index contributed by atoms with van der Waals surface area (Å²) in [5.74, 6) is 0. The third-order valence-electron chi connectivity index (χ3n) is 4.29. The Kier molecular flexibility index (Phi) is 4.12. The van der Waals surface area contributed by atoms with Crippen LogP contribution in [-0.2, 0) is 0 Å². The Hall–Kier alpha value is -2.32. The molecule has 0 atom stereocenters. The third kappa shape index (κ3) is 2.83. The van der Waals surface area contributed by atoms with Crippen LogP contribution >= 0.6 is 0 Å². The smallest absolute Gasteiger partial charge is 0.317 e. The van der Waals surface area contributed by atoms with Gasteiger partial charge in [-0.2, -0.15) is 5.26 Å². The van der Waals surface area contributed by atoms with Gasteiger partial charge in [-0.15, -0.1) is 0 Å². The molecule has 2 fully saturated rings. The Balaban J connectivity index is 1.86. The number of hydrogen-bond donors (Lipinski definition) is 1. The fourth-order valence-corrected chi connectivity index (χ4v) is 3.15. The van der Waals surface area contributed by atoms with E-state index in [1.165, 1.54) is 0 Å². The number of urea groups is 1. The number of nitrogens with one attached hydrogen (secondary N) is 1. The van der Waals surface area contributed by atoms with Gasteiger partial charge in [0.15, 0.2) is 0 Å². The normalized spacial score (nSPS) is 20.1. The van der Waals surface area contributed by atoms with Gasteiger partial charge in [-0.05, 0) is 49.7 Å². The van der Waals surface area contributed by atoms with Crippen molar-refractivity contribution in [3.8, 4) is 6.07 Å². The molecular weight excluding hydrogens is 276 g/mol. The fraction of sp³-hybridized carbons (Fsp3) is 0.412. The lowest BCUT2D eigenvalue weighted by Gasteiger charge is -2.42. The first-order chi connectivity index (χ1) is 10.7. The standard InChI is InChI=1S/C17H20N4O/c1-13-11-20(15-5-7-19-8-6-15)17(22)21(12-13)16-4-2-3-14(9-16)10-18/h2-4,9,15,19H,1,5-8,11-12H2. The van der Waals surface area contributed by atoms with Crippen molar-refractivity contribution in [3.05, 3.63) is 42.0 Å². The minimum Gasteiger partial charge on any atom is -0.317 e. The molecule has 0 bridgehead atoms. The zero-order chi connectivity index (χ0) is 15.5. The van der Waals surface area contributed by atoms with Crippen molar-refractivity contribution in [2.75, 3.05) is 31.1 Å². The number of benzene rings is 1. The SMILES string of the molecule is C=C1CN(c2cccc(C#N)c2)C(=O)N(C2CCNCC2)C1. The summed E-state index contributed by atoms with van der Waals surface area (Å²) in [6.45, 7) is 7.15. The fourth-order valence-electron chi connectivity index (χ4n) is 3.15. The molecule has 3 rings (SSSR count). The predicted molar refractivity (Wildman–Crippen MR) is 85.6 cm³/mol. The van der Waals surface area contributed by atoms with Gasteiger partial charge < -0.3 is 10.2 Å². The highest BCUT2D eigenvalue weighted by molar-refractivity contribution is 5.94. The van der Waals surface area contributed by atoms with Crippen LogP contribution in [0.1, 0.15) is 18.4 Å². The first-order valence-corrected chi connectivity index (χ1v) is 7.64. The lowest BCUT2D eigenvalue weighted by atomic mass is 10.0. The summed E-state index contributed by atoms with van der Waals surface area (Å²) in [5, 5.41) is 12.4. The average Bonchev–Trinajstić information content (AvgIpc) is 2.57. The van der Waals surface area contributed by atoms with Crippen LogP contribution in [0.5, 0.6) is 0 Å². The monoisotopic (exact) mass is 296 g/mol. The van der Waals surface area contributed by atoms with Crippen molar-refractivity contribution in [2.24, 2.45) is 0 Å². The molecule has 0 saturated carbocycles. The number of anilines is 1. The molecule has 22 heavy (non-hydrogen) atoms. The molecule has 0 aliphatic carbocycles. The molecule has 0 unspecified atom stereocenters. The minimum atomic E-state index is 0.0226. The first-order valence-electron chi connectivity index (χ1n) is 7.64. The molecule has 1 aromatic rings. The van der Waals surface area contributed by atoms with E-state index >= 15 is 0 Å². The Morgan fingerprint density at radius 2 is 2.05 bits per heavy atom. The molecular formula is C17H20N4O. The van der Waals surface area contributed by atoms with Gasteiger partial charge in [-0.1, -0.05) is 12.6 Å². The van der Waals surface area contributed by atoms with Crippen LogP contribution in [0.4, 0.5) is 10.5 Å². The van der Waals surface area contributed by atoms with Crippen LogP contribution in [0, 0.1) is 11.3 Å². The highest BCUT2D eigenvalue weighted by Crippen LogP contribution is 2.26. The largest absolute Gasteiger partial charge is 0.325 e. The summed E-state index contributed by atoms with van der Waals surface area (Å²) in [5.41, 5.74) is 2.36. The summed E-state index contributed by atoms with van der Waals surface area (Å²) in [4.78, 5) is 16.5. The van der Waals surface area contributed by atoms with Gasteiger partial charge in [0.25, 0.3) is 0 Å². The van der Waals surface area contributed by atoms with Gasteiger partial charge >= 0.3 is 6.03 Å². The van der Waals surface area contributed by atoms with Crippen LogP contribution in [-0.4, -0.2) is 43.2 Å². The van der Waals surface area contributed by atoms with Crippen LogP contribution < -0.4 is 10.2 Å². The summed E-state index contributed by atoms with van der Waals surface area (Å²) in [6, 6.07) is 9.61. The Morgan fingerprint density at radius 3 is 2.77 bits per heavy atom. The number of hydrogen-bond acceptors (Lipinski definition) is 3. The molecule has 5 heteroatoms. The van der Waals surface area contributed by atoms with E-state index < -0.39 is 0 Å². The van der Waals surface area contributed by atoms with E-state index in [2.05, 4.69) is 18.0 Å². The summed E-state index contributed by atoms with van der Waals surface area (Å²) >= 11 is 0. The van der Waals surface area contributed by atoms with E-state index in [0.717, 1.165) is 37.2 Å². The highest BCUT2D eigenvalue weighted by atomic mass is 16.2. The van der Waals surface area contributed by atoms with Crippen LogP contribution in [0.15, 0.2) is 36.4 Å². The average molecular weight is 296 g/mol. The number of carbonyl (C=O) groups is 1. The number of piperidine rings is 1. The molecule has 2 amide bonds. The minimum absolute atomic E-state index is 0.0226. The third-order valence-corrected chi connectivity index (χ3v) is 4.29. The number of nitrogens with zero attached hydrogens (tertiary/aromatic N) is 3. The zero-order valence-corrected chi connectivity index (χ0v) is 12.6. The van der Waals surface area contributed by atoms with E-state index in [4.69, 9.17) is 5.26 Å². The van der Waals surface area contributed by atoms with E-state index in [0.29, 0.717) is 18.7 Å². The van der Waals surface area contributed by atoms with Gasteiger partial charge in [0, 0.05) is 18.3 Å². The van der Waals surface area contributed by atoms with Crippen molar-refractivity contribution < 1.29 is 4.79 Å². The molecule has 5 nitrogen and oxygen atoms in total. The molecule has 0 radical (unpaired) electrons. The summed E-state index contributed by atoms with van der Waals surface area (Å²) in [7, 11) is 0. The topological polar surface area (TPSA) is 59.4 Å². The van der Waals surface area contributed by atoms with Gasteiger partial charge in [0.2, 0.25) is 0 Å². The van der Waals surface area contributed by atoms with Crippen molar-refractivity contribution in [1.82, 2.24) is 10.2 Å². The van der Waals surface area contributed by atoms with Crippen molar-refractivity contribution in [2.45, 2.75) is 18.9 Å². The predicted octanol–water partition coefficient (Wildman–Crippen LogP) is 2.11. The van der Waals surface area contributed by atoms with Crippen LogP contribution in [0.2, 0.25) is 0 Å². The van der Waals surface area contributed by atoms with E-state index in [1.807, 2.05) is 17.0 Å². The van der Waals surface area contributed by atoms with E-state index in [-0.39, 0.29) is 12.1 Å². The summed E-state index contributed by atoms with van der Waals surface area (Å²) < 4.78 is 0. The Labute approximate surface area is 130 Å². The molecule has 114 valence electrons. The lowest BCUT2D eigenvalue weighted by molar-refractivity contribution is 0.166. The maximum absolute atomic E-state index is 12.9. The highest BCUT2D eigenvalue weighted by Gasteiger charge is 2.33. The Morgan fingerprint density at radius 1 is 1.27 bits per heavy atom. The number of carbonyl (C=O) groups excluding carboxylic acids is 1. The van der Waals surface area contributed by atoms with Crippen LogP contribution in [0.25, 0.3) is 0 Å². The quantitative estimate of drug-likeness (QED) is 0.850. The van der Waals surface area contributed by atoms with Gasteiger partial charge in [0.1, 0.15) is 0 Å². The van der Waals surface area contributed by atoms with E-state index in [1.54, 1.807) is 17.0 Å². The number of amides is 2. The van der Waals surface area contributed by atoms with E-state index in [9.17, 15) is 4.79 Å². The van der Waals surface area contributed by atoms with Crippen LogP contribution in [0.3, 0.4) is 0 Å². The molecule has 2 heterocycles. The van der Waals surface area contributed by atoms with Crippen molar-refractivity contribution in [1.29, 1.82) is 5.26 Å². The lowest BCUT2D eigenvalue weighted by Crippen LogP contribution is -2.56.